The summed E-state index contributed by atoms with van der Waals surface area (Å²) >= 11 is 8.15. The normalized spacial score (nSPS) is 19.6. The van der Waals surface area contributed by atoms with Crippen molar-refractivity contribution < 1.29 is 5.11 Å². The minimum atomic E-state index is -0.0851. The van der Waals surface area contributed by atoms with E-state index in [4.69, 9.17) is 0 Å². The average Bonchev–Trinajstić information content (AvgIpc) is 2.98. The van der Waals surface area contributed by atoms with Gasteiger partial charge in [0.1, 0.15) is 5.75 Å². The molecule has 0 radical (unpaired) electrons. The maximum atomic E-state index is 11.3. The molecule has 4 heteroatoms. The van der Waals surface area contributed by atoms with Crippen molar-refractivity contribution in [3.63, 3.8) is 0 Å². The first-order chi connectivity index (χ1) is 15.5. The number of phenols is 1. The molecule has 1 spiro atoms. The molecule has 1 N–H and O–H groups in total. The number of thioether (sulfide) groups is 2. The van der Waals surface area contributed by atoms with E-state index in [2.05, 4.69) is 89.2 Å². The number of rotatable bonds is 3. The number of aromatic hydroxyl groups is 1. The molecule has 0 amide bonds. The van der Waals surface area contributed by atoms with Gasteiger partial charge in [0.05, 0.1) is 0 Å². The summed E-state index contributed by atoms with van der Waals surface area (Å²) in [6, 6.07) is 13.6. The molecule has 3 aromatic rings. The topological polar surface area (TPSA) is 20.2 Å². The summed E-state index contributed by atoms with van der Waals surface area (Å²) in [5, 5.41) is 13.5. The molecule has 3 aromatic carbocycles. The van der Waals surface area contributed by atoms with Crippen molar-refractivity contribution in [3.05, 3.63) is 53.1 Å². The molecule has 0 unspecified atom stereocenters. The fourth-order valence-electron chi connectivity index (χ4n) is 7.34. The van der Waals surface area contributed by atoms with Crippen molar-refractivity contribution in [2.75, 3.05) is 12.5 Å². The van der Waals surface area contributed by atoms with Crippen molar-refractivity contribution in [1.82, 2.24) is 0 Å². The minimum absolute atomic E-state index is 0.0851. The molecule has 2 aliphatic rings. The highest BCUT2D eigenvalue weighted by atomic mass is 32.2. The standard InChI is InChI=1S/C29H34OS3/c1-27(2)14-28(3,4)16-29(15-27)21-9-17(13-31)7-8-18(21)26-20-11-25(33-6)24(32-5)10-19(20)23(30)12-22(26)29/h7-12,30-31H,13-16H2,1-6H3. The van der Waals surface area contributed by atoms with Gasteiger partial charge in [0.25, 0.3) is 0 Å². The summed E-state index contributed by atoms with van der Waals surface area (Å²) in [6.45, 7) is 9.70. The highest BCUT2D eigenvalue weighted by Crippen LogP contribution is 2.65. The summed E-state index contributed by atoms with van der Waals surface area (Å²) in [5.74, 6) is 1.15. The third kappa shape index (κ3) is 3.63. The van der Waals surface area contributed by atoms with E-state index >= 15 is 0 Å². The molecule has 0 aromatic heterocycles. The third-order valence-electron chi connectivity index (χ3n) is 7.70. The Morgan fingerprint density at radius 3 is 2.00 bits per heavy atom. The van der Waals surface area contributed by atoms with E-state index in [-0.39, 0.29) is 16.2 Å². The van der Waals surface area contributed by atoms with Crippen molar-refractivity contribution in [2.45, 2.75) is 67.9 Å². The molecule has 1 saturated carbocycles. The highest BCUT2D eigenvalue weighted by molar-refractivity contribution is 8.01. The predicted octanol–water partition coefficient (Wildman–Crippen LogP) is 8.92. The molecule has 0 saturated heterocycles. The van der Waals surface area contributed by atoms with Crippen molar-refractivity contribution >= 4 is 46.9 Å². The van der Waals surface area contributed by atoms with Crippen LogP contribution in [-0.4, -0.2) is 17.6 Å². The first-order valence-electron chi connectivity index (χ1n) is 11.7. The Morgan fingerprint density at radius 1 is 0.818 bits per heavy atom. The molecule has 174 valence electrons. The Bertz CT molecular complexity index is 1260. The van der Waals surface area contributed by atoms with Gasteiger partial charge in [-0.1, -0.05) is 45.9 Å². The number of benzene rings is 3. The molecule has 1 fully saturated rings. The van der Waals surface area contributed by atoms with E-state index in [0.717, 1.165) is 24.0 Å². The van der Waals surface area contributed by atoms with Gasteiger partial charge in [-0.25, -0.2) is 0 Å². The van der Waals surface area contributed by atoms with Crippen LogP contribution in [0.15, 0.2) is 46.2 Å². The summed E-state index contributed by atoms with van der Waals surface area (Å²) in [6.07, 6.45) is 7.67. The molecule has 0 aliphatic heterocycles. The van der Waals surface area contributed by atoms with Gasteiger partial charge in [-0.3, -0.25) is 0 Å². The molecule has 33 heavy (non-hydrogen) atoms. The van der Waals surface area contributed by atoms with E-state index in [1.165, 1.54) is 49.4 Å². The number of hydrogen-bond donors (Lipinski definition) is 2. The molecule has 2 aliphatic carbocycles. The summed E-state index contributed by atoms with van der Waals surface area (Å²) < 4.78 is 0. The summed E-state index contributed by atoms with van der Waals surface area (Å²) in [7, 11) is 0. The number of hydrogen-bond acceptors (Lipinski definition) is 4. The van der Waals surface area contributed by atoms with Crippen molar-refractivity contribution in [1.29, 1.82) is 0 Å². The van der Waals surface area contributed by atoms with E-state index < -0.39 is 0 Å². The van der Waals surface area contributed by atoms with Gasteiger partial charge in [-0.2, -0.15) is 12.6 Å². The zero-order valence-electron chi connectivity index (χ0n) is 20.5. The van der Waals surface area contributed by atoms with Crippen molar-refractivity contribution in [3.8, 4) is 16.9 Å². The van der Waals surface area contributed by atoms with Crippen LogP contribution in [0.3, 0.4) is 0 Å². The van der Waals surface area contributed by atoms with Gasteiger partial charge >= 0.3 is 0 Å². The SMILES string of the molecule is CSc1cc2c(O)cc3c(c2cc1SC)-c1ccc(CS)cc1C31CC(C)(C)CC(C)(C)C1. The number of fused-ring (bicyclic) bond motifs is 7. The lowest BCUT2D eigenvalue weighted by Crippen LogP contribution is -2.43. The zero-order chi connectivity index (χ0) is 23.8. The third-order valence-corrected chi connectivity index (χ3v) is 9.75. The van der Waals surface area contributed by atoms with Crippen LogP contribution < -0.4 is 0 Å². The van der Waals surface area contributed by atoms with Crippen LogP contribution in [0.1, 0.15) is 63.6 Å². The Hall–Kier alpha value is -1.23. The molecule has 0 atom stereocenters. The van der Waals surface area contributed by atoms with Crippen LogP contribution in [0.5, 0.6) is 5.75 Å². The average molecular weight is 495 g/mol. The number of phenolic OH excluding ortho intramolecular Hbond substituents is 1. The second-order valence-corrected chi connectivity index (χ2v) is 13.6. The largest absolute Gasteiger partial charge is 0.507 e. The Balaban J connectivity index is 1.91. The van der Waals surface area contributed by atoms with Crippen LogP contribution in [0, 0.1) is 10.8 Å². The first-order valence-corrected chi connectivity index (χ1v) is 14.8. The van der Waals surface area contributed by atoms with E-state index in [1.54, 1.807) is 23.5 Å². The molecule has 0 heterocycles. The van der Waals surface area contributed by atoms with E-state index in [1.807, 2.05) is 0 Å². The van der Waals surface area contributed by atoms with Gasteiger partial charge < -0.3 is 5.11 Å². The lowest BCUT2D eigenvalue weighted by molar-refractivity contribution is 0.0645. The Kier molecular flexibility index (Phi) is 5.62. The van der Waals surface area contributed by atoms with Crippen LogP contribution >= 0.6 is 36.2 Å². The molecular formula is C29H34OS3. The Morgan fingerprint density at radius 2 is 1.42 bits per heavy atom. The van der Waals surface area contributed by atoms with Gasteiger partial charge in [-0.15, -0.1) is 23.5 Å². The monoisotopic (exact) mass is 494 g/mol. The van der Waals surface area contributed by atoms with Crippen molar-refractivity contribution in [2.24, 2.45) is 10.8 Å². The smallest absolute Gasteiger partial charge is 0.123 e. The highest BCUT2D eigenvalue weighted by Gasteiger charge is 2.53. The van der Waals surface area contributed by atoms with Gasteiger partial charge in [-0.05, 0) is 94.0 Å². The lowest BCUT2D eigenvalue weighted by Gasteiger charge is -2.51. The summed E-state index contributed by atoms with van der Waals surface area (Å²) in [4.78, 5) is 2.50. The molecule has 0 bridgehead atoms. The first kappa shape index (κ1) is 23.5. The number of thiol groups is 1. The van der Waals surface area contributed by atoms with Crippen LogP contribution in [0.25, 0.3) is 21.9 Å². The molecule has 1 nitrogen and oxygen atoms in total. The van der Waals surface area contributed by atoms with Crippen LogP contribution in [0.2, 0.25) is 0 Å². The molecular weight excluding hydrogens is 461 g/mol. The second-order valence-electron chi connectivity index (χ2n) is 11.5. The van der Waals surface area contributed by atoms with Gasteiger partial charge in [0.15, 0.2) is 0 Å². The maximum absolute atomic E-state index is 11.3. The van der Waals surface area contributed by atoms with E-state index in [9.17, 15) is 5.11 Å². The fraction of sp³-hybridized carbons (Fsp3) is 0.448. The van der Waals surface area contributed by atoms with E-state index in [0.29, 0.717) is 5.75 Å². The molecule has 5 rings (SSSR count). The zero-order valence-corrected chi connectivity index (χ0v) is 23.0. The predicted molar refractivity (Wildman–Crippen MR) is 149 cm³/mol. The maximum Gasteiger partial charge on any atom is 0.123 e. The summed E-state index contributed by atoms with van der Waals surface area (Å²) in [5.41, 5.74) is 7.06. The lowest BCUT2D eigenvalue weighted by atomic mass is 9.52. The fourth-order valence-corrected chi connectivity index (χ4v) is 9.03. The second kappa shape index (κ2) is 7.90. The Labute approximate surface area is 212 Å². The van der Waals surface area contributed by atoms with Gasteiger partial charge in [0.2, 0.25) is 0 Å². The van der Waals surface area contributed by atoms with Crippen LogP contribution in [0.4, 0.5) is 0 Å². The van der Waals surface area contributed by atoms with Gasteiger partial charge in [0, 0.05) is 26.3 Å². The quantitative estimate of drug-likeness (QED) is 0.280. The van der Waals surface area contributed by atoms with Crippen LogP contribution in [-0.2, 0) is 11.2 Å². The minimum Gasteiger partial charge on any atom is -0.507 e.